The molecule has 2 rings (SSSR count). The molecule has 0 saturated heterocycles. The van der Waals surface area contributed by atoms with Gasteiger partial charge < -0.3 is 0 Å². The molecule has 0 N–H and O–H groups in total. The molecule has 0 spiro atoms. The molecule has 2 fully saturated rings. The highest BCUT2D eigenvalue weighted by Crippen LogP contribution is 2.62. The van der Waals surface area contributed by atoms with E-state index in [2.05, 4.69) is 27.7 Å². The van der Waals surface area contributed by atoms with Gasteiger partial charge in [0.1, 0.15) is 0 Å². The Morgan fingerprint density at radius 1 is 0.786 bits per heavy atom. The van der Waals surface area contributed by atoms with Gasteiger partial charge in [0.2, 0.25) is 0 Å². The maximum Gasteiger partial charge on any atom is -0.0244 e. The molecule has 0 amide bonds. The maximum absolute atomic E-state index is 2.58. The highest BCUT2D eigenvalue weighted by Gasteiger charge is 2.53. The lowest BCUT2D eigenvalue weighted by Gasteiger charge is -2.48. The molecule has 0 unspecified atom stereocenters. The minimum atomic E-state index is 0.642. The third-order valence-corrected chi connectivity index (χ3v) is 6.15. The van der Waals surface area contributed by atoms with Crippen LogP contribution in [0.5, 0.6) is 0 Å². The second-order valence-electron chi connectivity index (χ2n) is 6.42. The van der Waals surface area contributed by atoms with Crippen molar-refractivity contribution >= 4 is 0 Å². The van der Waals surface area contributed by atoms with E-state index in [9.17, 15) is 0 Å². The summed E-state index contributed by atoms with van der Waals surface area (Å²) in [6, 6.07) is 0. The van der Waals surface area contributed by atoms with E-state index in [-0.39, 0.29) is 0 Å². The van der Waals surface area contributed by atoms with Crippen LogP contribution in [0.2, 0.25) is 0 Å². The van der Waals surface area contributed by atoms with E-state index in [1.165, 1.54) is 38.5 Å². The molecule has 0 aromatic heterocycles. The molecule has 0 heterocycles. The summed E-state index contributed by atoms with van der Waals surface area (Å²) in [6.07, 6.45) is 8.85. The standard InChI is InChI=1S/C14H26/c1-11-7-5-9-13(11,3)14(4)10-6-8-12(14)2/h11-12H,5-10H2,1-4H3/t11-,12-,13+,14+/m1/s1. The van der Waals surface area contributed by atoms with Gasteiger partial charge in [0.25, 0.3) is 0 Å². The van der Waals surface area contributed by atoms with Gasteiger partial charge in [-0.05, 0) is 35.5 Å². The van der Waals surface area contributed by atoms with Crippen molar-refractivity contribution in [2.75, 3.05) is 0 Å². The molecule has 0 nitrogen and oxygen atoms in total. The van der Waals surface area contributed by atoms with Gasteiger partial charge in [-0.3, -0.25) is 0 Å². The van der Waals surface area contributed by atoms with Crippen molar-refractivity contribution in [3.8, 4) is 0 Å². The monoisotopic (exact) mass is 194 g/mol. The molecule has 14 heavy (non-hydrogen) atoms. The Balaban J connectivity index is 2.27. The van der Waals surface area contributed by atoms with Gasteiger partial charge in [-0.1, -0.05) is 53.4 Å². The van der Waals surface area contributed by atoms with Crippen molar-refractivity contribution in [1.82, 2.24) is 0 Å². The van der Waals surface area contributed by atoms with Gasteiger partial charge in [0, 0.05) is 0 Å². The van der Waals surface area contributed by atoms with Crippen LogP contribution in [0.3, 0.4) is 0 Å². The molecule has 0 radical (unpaired) electrons. The van der Waals surface area contributed by atoms with Gasteiger partial charge in [0.15, 0.2) is 0 Å². The summed E-state index contributed by atoms with van der Waals surface area (Å²) in [6.45, 7) is 10.1. The minimum Gasteiger partial charge on any atom is -0.0620 e. The van der Waals surface area contributed by atoms with Crippen molar-refractivity contribution in [1.29, 1.82) is 0 Å². The second-order valence-corrected chi connectivity index (χ2v) is 6.42. The Hall–Kier alpha value is 0. The molecular weight excluding hydrogens is 168 g/mol. The lowest BCUT2D eigenvalue weighted by molar-refractivity contribution is 0.00532. The molecule has 0 aromatic rings. The maximum atomic E-state index is 2.58. The molecular formula is C14H26. The van der Waals surface area contributed by atoms with E-state index in [4.69, 9.17) is 0 Å². The van der Waals surface area contributed by atoms with Crippen molar-refractivity contribution in [2.45, 2.75) is 66.2 Å². The fourth-order valence-electron chi connectivity index (χ4n) is 4.38. The first kappa shape index (κ1) is 10.5. The van der Waals surface area contributed by atoms with Crippen molar-refractivity contribution in [2.24, 2.45) is 22.7 Å². The third-order valence-electron chi connectivity index (χ3n) is 6.15. The second kappa shape index (κ2) is 3.25. The van der Waals surface area contributed by atoms with Gasteiger partial charge in [-0.25, -0.2) is 0 Å². The molecule has 0 bridgehead atoms. The Labute approximate surface area is 89.5 Å². The lowest BCUT2D eigenvalue weighted by atomic mass is 9.57. The molecule has 2 aliphatic carbocycles. The van der Waals surface area contributed by atoms with E-state index in [1.54, 1.807) is 0 Å². The zero-order valence-corrected chi connectivity index (χ0v) is 10.4. The minimum absolute atomic E-state index is 0.642. The van der Waals surface area contributed by atoms with E-state index < -0.39 is 0 Å². The largest absolute Gasteiger partial charge is 0.0620 e. The van der Waals surface area contributed by atoms with Crippen LogP contribution in [0, 0.1) is 22.7 Å². The summed E-state index contributed by atoms with van der Waals surface area (Å²) < 4.78 is 0. The molecule has 4 atom stereocenters. The first-order valence-corrected chi connectivity index (χ1v) is 6.51. The predicted octanol–water partition coefficient (Wildman–Crippen LogP) is 4.64. The van der Waals surface area contributed by atoms with Crippen LogP contribution in [-0.2, 0) is 0 Å². The van der Waals surface area contributed by atoms with E-state index in [1.807, 2.05) is 0 Å². The van der Waals surface area contributed by atoms with E-state index in [0.29, 0.717) is 10.8 Å². The topological polar surface area (TPSA) is 0 Å². The van der Waals surface area contributed by atoms with Gasteiger partial charge in [0.05, 0.1) is 0 Å². The first-order chi connectivity index (χ1) is 6.51. The summed E-state index contributed by atoms with van der Waals surface area (Å²) in [5.74, 6) is 1.90. The summed E-state index contributed by atoms with van der Waals surface area (Å²) in [4.78, 5) is 0. The van der Waals surface area contributed by atoms with Crippen molar-refractivity contribution in [3.63, 3.8) is 0 Å². The fourth-order valence-corrected chi connectivity index (χ4v) is 4.38. The summed E-state index contributed by atoms with van der Waals surface area (Å²) in [5.41, 5.74) is 1.28. The molecule has 2 aliphatic rings. The molecule has 0 heteroatoms. The predicted molar refractivity (Wildman–Crippen MR) is 62.2 cm³/mol. The summed E-state index contributed by atoms with van der Waals surface area (Å²) in [7, 11) is 0. The molecule has 0 aliphatic heterocycles. The van der Waals surface area contributed by atoms with E-state index in [0.717, 1.165) is 11.8 Å². The summed E-state index contributed by atoms with van der Waals surface area (Å²) >= 11 is 0. The number of hydrogen-bond acceptors (Lipinski definition) is 0. The highest BCUT2D eigenvalue weighted by atomic mass is 14.6. The van der Waals surface area contributed by atoms with Crippen molar-refractivity contribution < 1.29 is 0 Å². The Morgan fingerprint density at radius 2 is 1.14 bits per heavy atom. The van der Waals surface area contributed by atoms with Gasteiger partial charge in [-0.2, -0.15) is 0 Å². The van der Waals surface area contributed by atoms with Crippen LogP contribution in [0.25, 0.3) is 0 Å². The first-order valence-electron chi connectivity index (χ1n) is 6.51. The number of rotatable bonds is 1. The SMILES string of the molecule is C[C@@H]1CCC[C@]1(C)[C@@]1(C)CCC[C@H]1C. The van der Waals surface area contributed by atoms with Gasteiger partial charge >= 0.3 is 0 Å². The third kappa shape index (κ3) is 1.19. The van der Waals surface area contributed by atoms with Crippen LogP contribution < -0.4 is 0 Å². The normalized spacial score (nSPS) is 54.0. The van der Waals surface area contributed by atoms with Crippen LogP contribution >= 0.6 is 0 Å². The number of hydrogen-bond donors (Lipinski definition) is 0. The molecule has 2 saturated carbocycles. The van der Waals surface area contributed by atoms with E-state index >= 15 is 0 Å². The molecule has 0 aromatic carbocycles. The zero-order valence-electron chi connectivity index (χ0n) is 10.4. The Morgan fingerprint density at radius 3 is 1.36 bits per heavy atom. The van der Waals surface area contributed by atoms with Crippen LogP contribution in [0.15, 0.2) is 0 Å². The lowest BCUT2D eigenvalue weighted by Crippen LogP contribution is -2.41. The zero-order chi connectivity index (χ0) is 10.4. The van der Waals surface area contributed by atoms with Crippen molar-refractivity contribution in [3.05, 3.63) is 0 Å². The van der Waals surface area contributed by atoms with Gasteiger partial charge in [-0.15, -0.1) is 0 Å². The molecule has 82 valence electrons. The summed E-state index contributed by atoms with van der Waals surface area (Å²) in [5, 5.41) is 0. The van der Waals surface area contributed by atoms with Crippen LogP contribution in [0.1, 0.15) is 66.2 Å². The smallest absolute Gasteiger partial charge is 0.0244 e. The fraction of sp³-hybridized carbons (Fsp3) is 1.00. The average molecular weight is 194 g/mol. The Kier molecular flexibility index (Phi) is 2.44. The average Bonchev–Trinajstić information content (AvgIpc) is 2.63. The Bertz CT molecular complexity index is 196. The quantitative estimate of drug-likeness (QED) is 0.570. The highest BCUT2D eigenvalue weighted by molar-refractivity contribution is 5.03. The van der Waals surface area contributed by atoms with Crippen LogP contribution in [-0.4, -0.2) is 0 Å². The van der Waals surface area contributed by atoms with Crippen LogP contribution in [0.4, 0.5) is 0 Å².